The molecule has 0 rings (SSSR count). The van der Waals surface area contributed by atoms with Crippen molar-refractivity contribution < 1.29 is 19.1 Å². The van der Waals surface area contributed by atoms with Gasteiger partial charge in [0.15, 0.2) is 0 Å². The predicted molar refractivity (Wildman–Crippen MR) is 112 cm³/mol. The fourth-order valence-corrected chi connectivity index (χ4v) is 2.84. The minimum Gasteiger partial charge on any atom is -0.465 e. The second-order valence-electron chi connectivity index (χ2n) is 8.52. The molecule has 0 spiro atoms. The number of carbonyl (C=O) groups is 2. The van der Waals surface area contributed by atoms with Gasteiger partial charge in [-0.15, -0.1) is 0 Å². The van der Waals surface area contributed by atoms with E-state index in [9.17, 15) is 9.59 Å². The van der Waals surface area contributed by atoms with Crippen molar-refractivity contribution in [3.05, 3.63) is 0 Å². The fraction of sp³-hybridized carbons (Fsp3) is 0.913. The smallest absolute Gasteiger partial charge is 0.305 e. The second-order valence-corrected chi connectivity index (χ2v) is 8.52. The summed E-state index contributed by atoms with van der Waals surface area (Å²) >= 11 is 0. The first-order valence-electron chi connectivity index (χ1n) is 11.2. The molecule has 0 heterocycles. The van der Waals surface area contributed by atoms with E-state index in [0.29, 0.717) is 26.1 Å². The Morgan fingerprint density at radius 1 is 0.593 bits per heavy atom. The minimum absolute atomic E-state index is 0.142. The summed E-state index contributed by atoms with van der Waals surface area (Å²) in [7, 11) is 0. The Labute approximate surface area is 167 Å². The summed E-state index contributed by atoms with van der Waals surface area (Å²) in [6, 6.07) is 0. The van der Waals surface area contributed by atoms with Gasteiger partial charge in [-0.1, -0.05) is 91.9 Å². The van der Waals surface area contributed by atoms with E-state index in [4.69, 9.17) is 9.47 Å². The Morgan fingerprint density at radius 3 is 1.30 bits per heavy atom. The van der Waals surface area contributed by atoms with Crippen molar-refractivity contribution in [3.8, 4) is 0 Å². The quantitative estimate of drug-likeness (QED) is 0.197. The summed E-state index contributed by atoms with van der Waals surface area (Å²) in [5.41, 5.74) is -0.340. The van der Waals surface area contributed by atoms with Crippen LogP contribution in [0.2, 0.25) is 0 Å². The molecule has 0 saturated heterocycles. The fourth-order valence-electron chi connectivity index (χ4n) is 2.84. The normalized spacial score (nSPS) is 11.4. The standard InChI is InChI=1S/C23H44O4/c1-5-7-9-11-13-15-17-21(24)26-19-23(3,4)20-27-22(25)18-16-14-12-10-8-6-2/h5-20H2,1-4H3. The van der Waals surface area contributed by atoms with Crippen LogP contribution in [0.3, 0.4) is 0 Å². The van der Waals surface area contributed by atoms with Gasteiger partial charge in [-0.25, -0.2) is 0 Å². The zero-order valence-electron chi connectivity index (χ0n) is 18.4. The van der Waals surface area contributed by atoms with E-state index >= 15 is 0 Å². The van der Waals surface area contributed by atoms with Gasteiger partial charge in [0.25, 0.3) is 0 Å². The third-order valence-corrected chi connectivity index (χ3v) is 4.72. The van der Waals surface area contributed by atoms with Crippen molar-refractivity contribution in [3.63, 3.8) is 0 Å². The maximum absolute atomic E-state index is 11.8. The molecule has 0 saturated carbocycles. The molecule has 0 aliphatic heterocycles. The van der Waals surface area contributed by atoms with Crippen LogP contribution >= 0.6 is 0 Å². The summed E-state index contributed by atoms with van der Waals surface area (Å²) in [5.74, 6) is -0.283. The van der Waals surface area contributed by atoms with Gasteiger partial charge >= 0.3 is 11.9 Å². The molecule has 0 amide bonds. The lowest BCUT2D eigenvalue weighted by atomic mass is 9.96. The second kappa shape index (κ2) is 17.1. The van der Waals surface area contributed by atoms with Gasteiger partial charge < -0.3 is 9.47 Å². The molecule has 27 heavy (non-hydrogen) atoms. The Hall–Kier alpha value is -1.06. The molecule has 0 N–H and O–H groups in total. The lowest BCUT2D eigenvalue weighted by Gasteiger charge is -2.23. The van der Waals surface area contributed by atoms with Crippen LogP contribution in [-0.4, -0.2) is 25.2 Å². The minimum atomic E-state index is -0.340. The lowest BCUT2D eigenvalue weighted by molar-refractivity contribution is -0.152. The van der Waals surface area contributed by atoms with Gasteiger partial charge in [-0.05, 0) is 12.8 Å². The first kappa shape index (κ1) is 25.9. The van der Waals surface area contributed by atoms with Crippen molar-refractivity contribution in [2.45, 2.75) is 118 Å². The molecule has 0 aromatic carbocycles. The van der Waals surface area contributed by atoms with Crippen molar-refractivity contribution in [1.82, 2.24) is 0 Å². The molecule has 0 bridgehead atoms. The predicted octanol–water partition coefficient (Wildman–Crippen LogP) is 6.60. The molecule has 0 aliphatic carbocycles. The number of esters is 2. The van der Waals surface area contributed by atoms with E-state index in [1.54, 1.807) is 0 Å². The molecular weight excluding hydrogens is 340 g/mol. The van der Waals surface area contributed by atoms with Crippen molar-refractivity contribution in [1.29, 1.82) is 0 Å². The average molecular weight is 385 g/mol. The van der Waals surface area contributed by atoms with Gasteiger partial charge in [-0.3, -0.25) is 9.59 Å². The van der Waals surface area contributed by atoms with Crippen LogP contribution in [0, 0.1) is 5.41 Å². The van der Waals surface area contributed by atoms with Crippen LogP contribution in [0.25, 0.3) is 0 Å². The number of hydrogen-bond donors (Lipinski definition) is 0. The van der Waals surface area contributed by atoms with E-state index in [1.165, 1.54) is 51.4 Å². The highest BCUT2D eigenvalue weighted by molar-refractivity contribution is 5.69. The lowest BCUT2D eigenvalue weighted by Crippen LogP contribution is -2.28. The number of rotatable bonds is 18. The number of unbranched alkanes of at least 4 members (excludes halogenated alkanes) is 10. The summed E-state index contributed by atoms with van der Waals surface area (Å²) in [6.45, 7) is 8.92. The maximum Gasteiger partial charge on any atom is 0.305 e. The number of hydrogen-bond acceptors (Lipinski definition) is 4. The van der Waals surface area contributed by atoms with Crippen LogP contribution in [0.5, 0.6) is 0 Å². The topological polar surface area (TPSA) is 52.6 Å². The highest BCUT2D eigenvalue weighted by Gasteiger charge is 2.22. The van der Waals surface area contributed by atoms with Gasteiger partial charge in [-0.2, -0.15) is 0 Å². The Balaban J connectivity index is 3.71. The Bertz CT molecular complexity index is 343. The van der Waals surface area contributed by atoms with Crippen LogP contribution in [0.15, 0.2) is 0 Å². The molecule has 4 heteroatoms. The molecule has 4 nitrogen and oxygen atoms in total. The number of carbonyl (C=O) groups excluding carboxylic acids is 2. The third-order valence-electron chi connectivity index (χ3n) is 4.72. The first-order valence-corrected chi connectivity index (χ1v) is 11.2. The molecule has 0 atom stereocenters. The first-order chi connectivity index (χ1) is 12.9. The van der Waals surface area contributed by atoms with E-state index in [-0.39, 0.29) is 17.4 Å². The average Bonchev–Trinajstić information content (AvgIpc) is 2.64. The van der Waals surface area contributed by atoms with Crippen LogP contribution in [0.4, 0.5) is 0 Å². The van der Waals surface area contributed by atoms with E-state index in [2.05, 4.69) is 13.8 Å². The SMILES string of the molecule is CCCCCCCCC(=O)OCC(C)(C)COC(=O)CCCCCCCC. The highest BCUT2D eigenvalue weighted by Crippen LogP contribution is 2.18. The largest absolute Gasteiger partial charge is 0.465 e. The summed E-state index contributed by atoms with van der Waals surface area (Å²) in [6.07, 6.45) is 14.9. The molecule has 0 aromatic heterocycles. The molecule has 0 aromatic rings. The molecule has 0 radical (unpaired) electrons. The molecular formula is C23H44O4. The molecule has 160 valence electrons. The van der Waals surface area contributed by atoms with Gasteiger partial charge in [0.2, 0.25) is 0 Å². The van der Waals surface area contributed by atoms with Crippen molar-refractivity contribution in [2.75, 3.05) is 13.2 Å². The van der Waals surface area contributed by atoms with E-state index < -0.39 is 0 Å². The van der Waals surface area contributed by atoms with Crippen molar-refractivity contribution >= 4 is 11.9 Å². The summed E-state index contributed by atoms with van der Waals surface area (Å²) < 4.78 is 10.7. The monoisotopic (exact) mass is 384 g/mol. The number of ether oxygens (including phenoxy) is 2. The third kappa shape index (κ3) is 18.1. The highest BCUT2D eigenvalue weighted by atomic mass is 16.5. The van der Waals surface area contributed by atoms with E-state index in [0.717, 1.165) is 25.7 Å². The van der Waals surface area contributed by atoms with Crippen LogP contribution < -0.4 is 0 Å². The van der Waals surface area contributed by atoms with Gasteiger partial charge in [0.05, 0.1) is 13.2 Å². The Morgan fingerprint density at radius 2 is 0.926 bits per heavy atom. The zero-order valence-corrected chi connectivity index (χ0v) is 18.4. The zero-order chi connectivity index (χ0) is 20.4. The Kier molecular flexibility index (Phi) is 16.4. The van der Waals surface area contributed by atoms with Gasteiger partial charge in [0.1, 0.15) is 0 Å². The van der Waals surface area contributed by atoms with Crippen molar-refractivity contribution in [2.24, 2.45) is 5.41 Å². The van der Waals surface area contributed by atoms with Crippen LogP contribution in [-0.2, 0) is 19.1 Å². The summed E-state index contributed by atoms with van der Waals surface area (Å²) in [4.78, 5) is 23.7. The maximum atomic E-state index is 11.8. The van der Waals surface area contributed by atoms with Gasteiger partial charge in [0, 0.05) is 18.3 Å². The van der Waals surface area contributed by atoms with E-state index in [1.807, 2.05) is 13.8 Å². The summed E-state index contributed by atoms with van der Waals surface area (Å²) in [5, 5.41) is 0. The molecule has 0 aliphatic rings. The van der Waals surface area contributed by atoms with Crippen LogP contribution in [0.1, 0.15) is 118 Å². The molecule has 0 unspecified atom stereocenters. The molecule has 0 fully saturated rings.